The third-order valence-electron chi connectivity index (χ3n) is 2.59. The average molecular weight is 334 g/mol. The Bertz CT molecular complexity index is 455. The highest BCUT2D eigenvalue weighted by molar-refractivity contribution is 7.80. The number of benzene rings is 1. The lowest BCUT2D eigenvalue weighted by molar-refractivity contribution is 0.242. The third kappa shape index (κ3) is 6.75. The van der Waals surface area contributed by atoms with E-state index < -0.39 is 0 Å². The van der Waals surface area contributed by atoms with Crippen LogP contribution in [0.1, 0.15) is 13.8 Å². The normalized spacial score (nSPS) is 11.6. The van der Waals surface area contributed by atoms with Gasteiger partial charge in [-0.2, -0.15) is 0 Å². The Morgan fingerprint density at radius 1 is 1.20 bits per heavy atom. The molecular formula is C14H21Cl2N3S. The summed E-state index contributed by atoms with van der Waals surface area (Å²) >= 11 is 17.2. The van der Waals surface area contributed by atoms with Crippen molar-refractivity contribution in [1.29, 1.82) is 0 Å². The highest BCUT2D eigenvalue weighted by atomic mass is 35.5. The summed E-state index contributed by atoms with van der Waals surface area (Å²) < 4.78 is 0. The van der Waals surface area contributed by atoms with E-state index in [-0.39, 0.29) is 5.41 Å². The molecule has 0 radical (unpaired) electrons. The smallest absolute Gasteiger partial charge is 0.170 e. The maximum Gasteiger partial charge on any atom is 0.170 e. The first kappa shape index (κ1) is 17.5. The molecule has 0 aliphatic rings. The molecule has 0 amide bonds. The molecule has 0 fully saturated rings. The van der Waals surface area contributed by atoms with Crippen LogP contribution in [0.2, 0.25) is 10.0 Å². The Hall–Kier alpha value is -0.550. The van der Waals surface area contributed by atoms with Gasteiger partial charge >= 0.3 is 0 Å². The fourth-order valence-corrected chi connectivity index (χ4v) is 2.75. The van der Waals surface area contributed by atoms with E-state index in [2.05, 4.69) is 43.5 Å². The molecule has 0 spiro atoms. The van der Waals surface area contributed by atoms with E-state index >= 15 is 0 Å². The van der Waals surface area contributed by atoms with Crippen LogP contribution in [0.25, 0.3) is 0 Å². The number of rotatable bonds is 5. The van der Waals surface area contributed by atoms with Gasteiger partial charge in [-0.3, -0.25) is 0 Å². The Kier molecular flexibility index (Phi) is 6.52. The van der Waals surface area contributed by atoms with Gasteiger partial charge in [-0.15, -0.1) is 0 Å². The molecule has 0 aliphatic heterocycles. The molecule has 0 atom stereocenters. The molecule has 1 rings (SSSR count). The lowest BCUT2D eigenvalue weighted by atomic mass is 9.93. The van der Waals surface area contributed by atoms with Gasteiger partial charge in [0.2, 0.25) is 0 Å². The summed E-state index contributed by atoms with van der Waals surface area (Å²) in [7, 11) is 4.12. The molecule has 20 heavy (non-hydrogen) atoms. The Morgan fingerprint density at radius 3 is 2.25 bits per heavy atom. The van der Waals surface area contributed by atoms with Gasteiger partial charge in [-0.25, -0.2) is 0 Å². The van der Waals surface area contributed by atoms with E-state index in [4.69, 9.17) is 35.4 Å². The van der Waals surface area contributed by atoms with Crippen molar-refractivity contribution in [3.8, 4) is 0 Å². The molecule has 0 aromatic heterocycles. The van der Waals surface area contributed by atoms with Gasteiger partial charge in [0, 0.05) is 28.8 Å². The van der Waals surface area contributed by atoms with Crippen molar-refractivity contribution in [2.45, 2.75) is 13.8 Å². The van der Waals surface area contributed by atoms with Gasteiger partial charge < -0.3 is 15.5 Å². The standard InChI is InChI=1S/C14H21Cl2N3S/c1-14(2,9-19(3)4)8-17-13(20)18-12-6-10(15)5-11(16)7-12/h5-7H,8-9H2,1-4H3,(H2,17,18,20). The second kappa shape index (κ2) is 7.46. The van der Waals surface area contributed by atoms with Crippen LogP contribution in [0.5, 0.6) is 0 Å². The summed E-state index contributed by atoms with van der Waals surface area (Å²) in [5, 5.41) is 8.03. The van der Waals surface area contributed by atoms with Gasteiger partial charge in [0.1, 0.15) is 0 Å². The van der Waals surface area contributed by atoms with Crippen LogP contribution in [0, 0.1) is 5.41 Å². The Balaban J connectivity index is 2.51. The molecule has 1 aromatic rings. The highest BCUT2D eigenvalue weighted by Crippen LogP contribution is 2.22. The van der Waals surface area contributed by atoms with Crippen LogP contribution in [-0.4, -0.2) is 37.2 Å². The van der Waals surface area contributed by atoms with Crippen LogP contribution in [0.4, 0.5) is 5.69 Å². The molecule has 3 nitrogen and oxygen atoms in total. The monoisotopic (exact) mass is 333 g/mol. The summed E-state index contributed by atoms with van der Waals surface area (Å²) in [5.74, 6) is 0. The molecule has 0 saturated heterocycles. The molecular weight excluding hydrogens is 313 g/mol. The zero-order valence-electron chi connectivity index (χ0n) is 12.3. The molecule has 0 unspecified atom stereocenters. The lowest BCUT2D eigenvalue weighted by Gasteiger charge is -2.29. The van der Waals surface area contributed by atoms with Gasteiger partial charge in [0.05, 0.1) is 0 Å². The van der Waals surface area contributed by atoms with Gasteiger partial charge in [-0.1, -0.05) is 37.0 Å². The summed E-state index contributed by atoms with van der Waals surface area (Å²) in [5.41, 5.74) is 0.909. The molecule has 0 bridgehead atoms. The maximum atomic E-state index is 5.95. The summed E-state index contributed by atoms with van der Waals surface area (Å²) in [6.07, 6.45) is 0. The number of nitrogens with zero attached hydrogens (tertiary/aromatic N) is 1. The maximum absolute atomic E-state index is 5.95. The van der Waals surface area contributed by atoms with E-state index in [1.807, 2.05) is 0 Å². The van der Waals surface area contributed by atoms with Crippen molar-refractivity contribution in [2.24, 2.45) is 5.41 Å². The van der Waals surface area contributed by atoms with Crippen molar-refractivity contribution in [3.63, 3.8) is 0 Å². The van der Waals surface area contributed by atoms with Gasteiger partial charge in [-0.05, 0) is 49.9 Å². The molecule has 6 heteroatoms. The summed E-state index contributed by atoms with van der Waals surface area (Å²) in [6, 6.07) is 5.25. The van der Waals surface area contributed by atoms with Crippen molar-refractivity contribution in [2.75, 3.05) is 32.5 Å². The van der Waals surface area contributed by atoms with Crippen molar-refractivity contribution < 1.29 is 0 Å². The fourth-order valence-electron chi connectivity index (χ4n) is 2.03. The Morgan fingerprint density at radius 2 is 1.75 bits per heavy atom. The van der Waals surface area contributed by atoms with Crippen LogP contribution < -0.4 is 10.6 Å². The zero-order valence-corrected chi connectivity index (χ0v) is 14.6. The zero-order chi connectivity index (χ0) is 15.3. The molecule has 112 valence electrons. The molecule has 2 N–H and O–H groups in total. The van der Waals surface area contributed by atoms with Crippen LogP contribution >= 0.6 is 35.4 Å². The van der Waals surface area contributed by atoms with E-state index in [1.54, 1.807) is 18.2 Å². The van der Waals surface area contributed by atoms with Crippen LogP contribution in [0.15, 0.2) is 18.2 Å². The molecule has 1 aromatic carbocycles. The number of hydrogen-bond acceptors (Lipinski definition) is 2. The quantitative estimate of drug-likeness (QED) is 0.800. The van der Waals surface area contributed by atoms with E-state index in [9.17, 15) is 0 Å². The average Bonchev–Trinajstić information content (AvgIpc) is 2.23. The van der Waals surface area contributed by atoms with Crippen molar-refractivity contribution >= 4 is 46.2 Å². The van der Waals surface area contributed by atoms with E-state index in [0.29, 0.717) is 15.2 Å². The minimum absolute atomic E-state index is 0.126. The number of halogens is 2. The highest BCUT2D eigenvalue weighted by Gasteiger charge is 2.19. The van der Waals surface area contributed by atoms with E-state index in [1.165, 1.54) is 0 Å². The Labute approximate surface area is 136 Å². The first-order valence-electron chi connectivity index (χ1n) is 6.34. The first-order chi connectivity index (χ1) is 9.18. The first-order valence-corrected chi connectivity index (χ1v) is 7.50. The van der Waals surface area contributed by atoms with Crippen molar-refractivity contribution in [1.82, 2.24) is 10.2 Å². The van der Waals surface area contributed by atoms with Gasteiger partial charge in [0.15, 0.2) is 5.11 Å². The summed E-state index contributed by atoms with van der Waals surface area (Å²) in [4.78, 5) is 2.16. The predicted molar refractivity (Wildman–Crippen MR) is 93.0 cm³/mol. The topological polar surface area (TPSA) is 27.3 Å². The minimum atomic E-state index is 0.126. The second-order valence-electron chi connectivity index (χ2n) is 5.87. The third-order valence-corrected chi connectivity index (χ3v) is 3.28. The second-order valence-corrected chi connectivity index (χ2v) is 7.15. The fraction of sp³-hybridized carbons (Fsp3) is 0.500. The lowest BCUT2D eigenvalue weighted by Crippen LogP contribution is -2.41. The minimum Gasteiger partial charge on any atom is -0.362 e. The number of hydrogen-bond donors (Lipinski definition) is 2. The SMILES string of the molecule is CN(C)CC(C)(C)CNC(=S)Nc1cc(Cl)cc(Cl)c1. The predicted octanol–water partition coefficient (Wildman–Crippen LogP) is 3.87. The number of anilines is 1. The van der Waals surface area contributed by atoms with Crippen molar-refractivity contribution in [3.05, 3.63) is 28.2 Å². The summed E-state index contributed by atoms with van der Waals surface area (Å²) in [6.45, 7) is 6.15. The number of nitrogens with one attached hydrogen (secondary N) is 2. The number of thiocarbonyl (C=S) groups is 1. The molecule has 0 aliphatic carbocycles. The van der Waals surface area contributed by atoms with Crippen LogP contribution in [0.3, 0.4) is 0 Å². The molecule has 0 saturated carbocycles. The van der Waals surface area contributed by atoms with Gasteiger partial charge in [0.25, 0.3) is 0 Å². The largest absolute Gasteiger partial charge is 0.362 e. The van der Waals surface area contributed by atoms with Crippen LogP contribution in [-0.2, 0) is 0 Å². The van der Waals surface area contributed by atoms with E-state index in [0.717, 1.165) is 18.8 Å². The molecule has 0 heterocycles.